The van der Waals surface area contributed by atoms with E-state index >= 15 is 0 Å². The van der Waals surface area contributed by atoms with Gasteiger partial charge in [0.05, 0.1) is 0 Å². The van der Waals surface area contributed by atoms with Gasteiger partial charge in [0, 0.05) is 0 Å². The van der Waals surface area contributed by atoms with E-state index in [1.54, 1.807) is 21.2 Å². The second-order valence-electron chi connectivity index (χ2n) is 10.5. The van der Waals surface area contributed by atoms with Crippen LogP contribution in [0.25, 0.3) is 0 Å². The maximum atomic E-state index is 2.40. The number of benzene rings is 4. The fourth-order valence-corrected chi connectivity index (χ4v) is 12.0. The van der Waals surface area contributed by atoms with Gasteiger partial charge in [-0.2, -0.15) is 0 Å². The van der Waals surface area contributed by atoms with Gasteiger partial charge in [0.1, 0.15) is 0 Å². The van der Waals surface area contributed by atoms with E-state index in [0.29, 0.717) is 0 Å². The van der Waals surface area contributed by atoms with Crippen LogP contribution in [0, 0.1) is 39.5 Å². The van der Waals surface area contributed by atoms with Gasteiger partial charge in [-0.15, -0.1) is 0 Å². The molecule has 1 aliphatic rings. The Bertz CT molecular complexity index is 1130. The topological polar surface area (TPSA) is 0 Å². The average Bonchev–Trinajstić information content (AvgIpc) is 2.87. The average molecular weight is 509 g/mol. The highest BCUT2D eigenvalue weighted by atomic mass is 31.1. The molecule has 0 bridgehead atoms. The van der Waals surface area contributed by atoms with Crippen molar-refractivity contribution in [1.29, 1.82) is 0 Å². The van der Waals surface area contributed by atoms with Crippen molar-refractivity contribution in [2.24, 2.45) is 11.8 Å². The van der Waals surface area contributed by atoms with E-state index in [0.717, 1.165) is 11.8 Å². The molecule has 0 aromatic heterocycles. The van der Waals surface area contributed by atoms with E-state index in [1.807, 2.05) is 0 Å². The normalized spacial score (nSPS) is 17.4. The Morgan fingerprint density at radius 1 is 0.444 bits per heavy atom. The van der Waals surface area contributed by atoms with Crippen LogP contribution in [0.1, 0.15) is 35.1 Å². The third-order valence-electron chi connectivity index (χ3n) is 8.03. The fourth-order valence-electron chi connectivity index (χ4n) is 5.71. The summed E-state index contributed by atoms with van der Waals surface area (Å²) in [5.74, 6) is 1.63. The van der Waals surface area contributed by atoms with Crippen LogP contribution in [-0.4, -0.2) is 12.3 Å². The van der Waals surface area contributed by atoms with Crippen molar-refractivity contribution in [3.8, 4) is 0 Å². The van der Waals surface area contributed by atoms with Crippen LogP contribution in [0.5, 0.6) is 0 Å². The molecule has 2 atom stereocenters. The highest BCUT2D eigenvalue weighted by molar-refractivity contribution is 7.73. The molecule has 2 heteroatoms. The summed E-state index contributed by atoms with van der Waals surface area (Å²) in [5.41, 5.74) is 5.80. The van der Waals surface area contributed by atoms with Gasteiger partial charge in [-0.05, 0) is 124 Å². The minimum Gasteiger partial charge on any atom is -0.0620 e. The first-order valence-corrected chi connectivity index (χ1v) is 16.4. The lowest BCUT2D eigenvalue weighted by Gasteiger charge is -2.42. The lowest BCUT2D eigenvalue weighted by molar-refractivity contribution is 0.228. The quantitative estimate of drug-likeness (QED) is 0.216. The van der Waals surface area contributed by atoms with Gasteiger partial charge in [-0.25, -0.2) is 0 Å². The van der Waals surface area contributed by atoms with Gasteiger partial charge in [-0.3, -0.25) is 0 Å². The van der Waals surface area contributed by atoms with Crippen molar-refractivity contribution < 1.29 is 0 Å². The van der Waals surface area contributed by atoms with E-state index in [4.69, 9.17) is 0 Å². The van der Waals surface area contributed by atoms with Crippen LogP contribution >= 0.6 is 15.8 Å². The summed E-state index contributed by atoms with van der Waals surface area (Å²) < 4.78 is 0. The summed E-state index contributed by atoms with van der Waals surface area (Å²) in [6.45, 7) is 9.21. The molecule has 0 spiro atoms. The molecule has 1 aliphatic carbocycles. The molecule has 4 aromatic rings. The largest absolute Gasteiger partial charge is 0.0620 e. The molecule has 0 saturated heterocycles. The molecule has 4 aromatic carbocycles. The van der Waals surface area contributed by atoms with Crippen molar-refractivity contribution in [3.63, 3.8) is 0 Å². The minimum atomic E-state index is -0.352. The smallest absolute Gasteiger partial charge is 0.0166 e. The van der Waals surface area contributed by atoms with Crippen LogP contribution in [0.15, 0.2) is 97.1 Å². The zero-order valence-electron chi connectivity index (χ0n) is 22.1. The molecule has 0 heterocycles. The molecule has 184 valence electrons. The van der Waals surface area contributed by atoms with Crippen molar-refractivity contribution >= 4 is 37.1 Å². The fraction of sp³-hybridized carbons (Fsp3) is 0.294. The van der Waals surface area contributed by atoms with Crippen LogP contribution < -0.4 is 21.2 Å². The Kier molecular flexibility index (Phi) is 8.06. The third kappa shape index (κ3) is 5.37. The highest BCUT2D eigenvalue weighted by Gasteiger charge is 2.36. The molecular formula is C34H38P2. The van der Waals surface area contributed by atoms with E-state index < -0.39 is 0 Å². The van der Waals surface area contributed by atoms with Crippen molar-refractivity contribution in [3.05, 3.63) is 119 Å². The molecule has 0 radical (unpaired) electrons. The van der Waals surface area contributed by atoms with E-state index in [2.05, 4.69) is 125 Å². The predicted molar refractivity (Wildman–Crippen MR) is 163 cm³/mol. The lowest BCUT2D eigenvalue weighted by atomic mass is 9.76. The van der Waals surface area contributed by atoms with E-state index in [-0.39, 0.29) is 15.8 Å². The molecule has 36 heavy (non-hydrogen) atoms. The first kappa shape index (κ1) is 25.4. The van der Waals surface area contributed by atoms with Gasteiger partial charge >= 0.3 is 0 Å². The summed E-state index contributed by atoms with van der Waals surface area (Å²) in [4.78, 5) is 0. The monoisotopic (exact) mass is 508 g/mol. The van der Waals surface area contributed by atoms with Crippen LogP contribution in [-0.2, 0) is 0 Å². The van der Waals surface area contributed by atoms with Gasteiger partial charge in [0.25, 0.3) is 0 Å². The Balaban J connectivity index is 1.45. The summed E-state index contributed by atoms with van der Waals surface area (Å²) in [6.07, 6.45) is 5.40. The van der Waals surface area contributed by atoms with Crippen LogP contribution in [0.4, 0.5) is 0 Å². The van der Waals surface area contributed by atoms with Crippen molar-refractivity contribution in [2.75, 3.05) is 12.3 Å². The SMILES string of the molecule is Cc1ccccc1P(C[C@@H]1CC[C@H]1CP(c1ccccc1C)c1ccccc1C)c1ccccc1C. The zero-order chi connectivity index (χ0) is 25.1. The summed E-state index contributed by atoms with van der Waals surface area (Å²) in [7, 11) is -0.704. The number of aryl methyl sites for hydroxylation is 4. The van der Waals surface area contributed by atoms with Crippen molar-refractivity contribution in [1.82, 2.24) is 0 Å². The Morgan fingerprint density at radius 2 is 0.694 bits per heavy atom. The lowest BCUT2D eigenvalue weighted by Crippen LogP contribution is -2.35. The van der Waals surface area contributed by atoms with Crippen LogP contribution in [0.2, 0.25) is 0 Å². The van der Waals surface area contributed by atoms with Gasteiger partial charge < -0.3 is 0 Å². The predicted octanol–water partition coefficient (Wildman–Crippen LogP) is 7.51. The Labute approximate surface area is 220 Å². The Morgan fingerprint density at radius 3 is 0.917 bits per heavy atom. The van der Waals surface area contributed by atoms with E-state index in [1.165, 1.54) is 47.4 Å². The molecule has 5 rings (SSSR count). The maximum Gasteiger partial charge on any atom is -0.0166 e. The van der Waals surface area contributed by atoms with Crippen molar-refractivity contribution in [2.45, 2.75) is 40.5 Å². The molecule has 0 unspecified atom stereocenters. The molecule has 0 amide bonds. The highest BCUT2D eigenvalue weighted by Crippen LogP contribution is 2.50. The van der Waals surface area contributed by atoms with Gasteiger partial charge in [0.15, 0.2) is 0 Å². The third-order valence-corrected chi connectivity index (χ3v) is 14.0. The second-order valence-corrected chi connectivity index (χ2v) is 14.8. The maximum absolute atomic E-state index is 2.40. The molecule has 0 N–H and O–H groups in total. The summed E-state index contributed by atoms with van der Waals surface area (Å²) in [5, 5.41) is 6.31. The molecular weight excluding hydrogens is 470 g/mol. The number of hydrogen-bond acceptors (Lipinski definition) is 0. The second kappa shape index (κ2) is 11.4. The zero-order valence-corrected chi connectivity index (χ0v) is 23.9. The van der Waals surface area contributed by atoms with Gasteiger partial charge in [-0.1, -0.05) is 97.1 Å². The summed E-state index contributed by atoms with van der Waals surface area (Å²) in [6, 6.07) is 36.5. The number of rotatable bonds is 8. The Hall–Kier alpha value is -2.26. The van der Waals surface area contributed by atoms with Gasteiger partial charge in [0.2, 0.25) is 0 Å². The first-order chi connectivity index (χ1) is 17.5. The minimum absolute atomic E-state index is 0.352. The molecule has 0 nitrogen and oxygen atoms in total. The van der Waals surface area contributed by atoms with Crippen LogP contribution in [0.3, 0.4) is 0 Å². The number of hydrogen-bond donors (Lipinski definition) is 0. The molecule has 1 saturated carbocycles. The first-order valence-electron chi connectivity index (χ1n) is 13.3. The molecule has 1 fully saturated rings. The summed E-state index contributed by atoms with van der Waals surface area (Å²) >= 11 is 0. The van der Waals surface area contributed by atoms with E-state index in [9.17, 15) is 0 Å². The molecule has 0 aliphatic heterocycles. The standard InChI is InChI=1S/C34H38P2/c1-25-13-5-9-17-31(25)35(32-18-10-6-14-26(32)2)23-29-21-22-30(29)24-36(33-19-11-7-15-27(33)3)34-20-12-8-16-28(34)4/h5-20,29-30H,21-24H2,1-4H3/t29-,30-/m0/s1.